The van der Waals surface area contributed by atoms with Gasteiger partial charge in [-0.1, -0.05) is 6.07 Å². The summed E-state index contributed by atoms with van der Waals surface area (Å²) in [6.07, 6.45) is 4.94. The third-order valence-corrected chi connectivity index (χ3v) is 2.93. The lowest BCUT2D eigenvalue weighted by Gasteiger charge is -2.04. The Morgan fingerprint density at radius 3 is 2.76 bits per heavy atom. The van der Waals surface area contributed by atoms with Crippen LogP contribution in [0, 0.1) is 16.4 Å². The molecule has 2 rings (SSSR count). The highest BCUT2D eigenvalue weighted by Gasteiger charge is 2.03. The zero-order chi connectivity index (χ0) is 12.3. The summed E-state index contributed by atoms with van der Waals surface area (Å²) in [7, 11) is 0. The van der Waals surface area contributed by atoms with Gasteiger partial charge in [-0.05, 0) is 36.7 Å². The first-order valence-electron chi connectivity index (χ1n) is 5.34. The fraction of sp³-hybridized carbons (Fsp3) is 0.250. The van der Waals surface area contributed by atoms with Gasteiger partial charge in [0.2, 0.25) is 0 Å². The number of nitrogens with one attached hydrogen (secondary N) is 1. The fourth-order valence-electron chi connectivity index (χ4n) is 1.69. The maximum absolute atomic E-state index is 13.3. The average molecular weight is 254 g/mol. The van der Waals surface area contributed by atoms with Gasteiger partial charge in [-0.25, -0.2) is 8.78 Å². The van der Waals surface area contributed by atoms with E-state index in [2.05, 4.69) is 4.98 Å². The molecule has 1 heterocycles. The number of aryl methyl sites for hydroxylation is 2. The Hall–Kier alpha value is -1.49. The Balaban J connectivity index is 1.94. The minimum atomic E-state index is -0.542. The molecule has 2 nitrogen and oxygen atoms in total. The SMILES string of the molecule is Fc1ccc(CCCn2cc[nH]c2=S)c(F)c1. The molecule has 0 saturated heterocycles. The summed E-state index contributed by atoms with van der Waals surface area (Å²) >= 11 is 5.04. The number of nitrogens with zero attached hydrogens (tertiary/aromatic N) is 1. The highest BCUT2D eigenvalue weighted by Crippen LogP contribution is 2.12. The first-order chi connectivity index (χ1) is 8.16. The van der Waals surface area contributed by atoms with Gasteiger partial charge in [0.15, 0.2) is 4.77 Å². The maximum atomic E-state index is 13.3. The number of benzene rings is 1. The summed E-state index contributed by atoms with van der Waals surface area (Å²) in [5.74, 6) is -1.03. The molecule has 0 spiro atoms. The molecule has 5 heteroatoms. The van der Waals surface area contributed by atoms with Gasteiger partial charge in [-0.15, -0.1) is 0 Å². The van der Waals surface area contributed by atoms with Crippen LogP contribution in [0.25, 0.3) is 0 Å². The van der Waals surface area contributed by atoms with Crippen molar-refractivity contribution in [2.24, 2.45) is 0 Å². The fourth-order valence-corrected chi connectivity index (χ4v) is 1.91. The number of halogens is 2. The van der Waals surface area contributed by atoms with Crippen LogP contribution in [0.5, 0.6) is 0 Å². The average Bonchev–Trinajstić information content (AvgIpc) is 2.68. The summed E-state index contributed by atoms with van der Waals surface area (Å²) in [5.41, 5.74) is 0.536. The lowest BCUT2D eigenvalue weighted by molar-refractivity contribution is 0.560. The smallest absolute Gasteiger partial charge is 0.177 e. The van der Waals surface area contributed by atoms with Crippen molar-refractivity contribution in [2.45, 2.75) is 19.4 Å². The van der Waals surface area contributed by atoms with Crippen LogP contribution in [-0.4, -0.2) is 9.55 Å². The van der Waals surface area contributed by atoms with E-state index in [4.69, 9.17) is 12.2 Å². The van der Waals surface area contributed by atoms with E-state index in [-0.39, 0.29) is 0 Å². The number of imidazole rings is 1. The monoisotopic (exact) mass is 254 g/mol. The number of H-pyrrole nitrogens is 1. The molecule has 1 aromatic carbocycles. The van der Waals surface area contributed by atoms with E-state index in [1.807, 2.05) is 10.8 Å². The minimum Gasteiger partial charge on any atom is -0.337 e. The highest BCUT2D eigenvalue weighted by atomic mass is 32.1. The molecule has 0 atom stereocenters. The van der Waals surface area contributed by atoms with Crippen LogP contribution in [0.1, 0.15) is 12.0 Å². The van der Waals surface area contributed by atoms with Gasteiger partial charge in [-0.2, -0.15) is 0 Å². The van der Waals surface area contributed by atoms with E-state index < -0.39 is 11.6 Å². The summed E-state index contributed by atoms with van der Waals surface area (Å²) in [6, 6.07) is 3.68. The molecule has 2 aromatic rings. The van der Waals surface area contributed by atoms with Crippen molar-refractivity contribution in [2.75, 3.05) is 0 Å². The number of hydrogen-bond donors (Lipinski definition) is 1. The third-order valence-electron chi connectivity index (χ3n) is 2.58. The summed E-state index contributed by atoms with van der Waals surface area (Å²) in [5, 5.41) is 0. The molecular formula is C12H12F2N2S. The second-order valence-electron chi connectivity index (χ2n) is 3.80. The van der Waals surface area contributed by atoms with Crippen LogP contribution in [0.15, 0.2) is 30.6 Å². The largest absolute Gasteiger partial charge is 0.337 e. The molecule has 0 radical (unpaired) electrons. The Bertz CT molecular complexity index is 560. The summed E-state index contributed by atoms with van der Waals surface area (Å²) in [4.78, 5) is 2.89. The standard InChI is InChI=1S/C12H12F2N2S/c13-10-4-3-9(11(14)8-10)2-1-6-16-7-5-15-12(16)17/h3-5,7-8H,1-2,6H2,(H,15,17). The molecule has 17 heavy (non-hydrogen) atoms. The highest BCUT2D eigenvalue weighted by molar-refractivity contribution is 7.71. The zero-order valence-electron chi connectivity index (χ0n) is 9.12. The van der Waals surface area contributed by atoms with Crippen LogP contribution in [-0.2, 0) is 13.0 Å². The van der Waals surface area contributed by atoms with Crippen LogP contribution in [0.4, 0.5) is 8.78 Å². The number of aromatic amines is 1. The molecule has 1 aromatic heterocycles. The van der Waals surface area contributed by atoms with Crippen molar-refractivity contribution in [3.05, 3.63) is 52.6 Å². The topological polar surface area (TPSA) is 20.7 Å². The lowest BCUT2D eigenvalue weighted by Crippen LogP contribution is -2.00. The molecule has 0 saturated carbocycles. The third kappa shape index (κ3) is 3.00. The Labute approximate surface area is 103 Å². The van der Waals surface area contributed by atoms with Gasteiger partial charge < -0.3 is 9.55 Å². The molecule has 90 valence electrons. The van der Waals surface area contributed by atoms with Crippen molar-refractivity contribution in [3.8, 4) is 0 Å². The van der Waals surface area contributed by atoms with Gasteiger partial charge in [0.25, 0.3) is 0 Å². The second-order valence-corrected chi connectivity index (χ2v) is 4.18. The molecule has 0 aliphatic rings. The Kier molecular flexibility index (Phi) is 3.68. The van der Waals surface area contributed by atoms with Gasteiger partial charge >= 0.3 is 0 Å². The van der Waals surface area contributed by atoms with Crippen molar-refractivity contribution < 1.29 is 8.78 Å². The predicted octanol–water partition coefficient (Wildman–Crippen LogP) is 3.46. The number of hydrogen-bond acceptors (Lipinski definition) is 1. The summed E-state index contributed by atoms with van der Waals surface area (Å²) in [6.45, 7) is 0.721. The van der Waals surface area contributed by atoms with Crippen LogP contribution in [0.3, 0.4) is 0 Å². The first kappa shape index (κ1) is 12.0. The van der Waals surface area contributed by atoms with Gasteiger partial charge in [0.1, 0.15) is 11.6 Å². The maximum Gasteiger partial charge on any atom is 0.177 e. The molecule has 1 N–H and O–H groups in total. The lowest BCUT2D eigenvalue weighted by atomic mass is 10.1. The van der Waals surface area contributed by atoms with E-state index >= 15 is 0 Å². The second kappa shape index (κ2) is 5.23. The van der Waals surface area contributed by atoms with E-state index in [1.165, 1.54) is 12.1 Å². The number of rotatable bonds is 4. The van der Waals surface area contributed by atoms with E-state index in [9.17, 15) is 8.78 Å². The van der Waals surface area contributed by atoms with Crippen LogP contribution < -0.4 is 0 Å². The minimum absolute atomic E-state index is 0.484. The first-order valence-corrected chi connectivity index (χ1v) is 5.75. The van der Waals surface area contributed by atoms with E-state index in [0.717, 1.165) is 19.0 Å². The van der Waals surface area contributed by atoms with Crippen molar-refractivity contribution in [1.29, 1.82) is 0 Å². The molecule has 0 unspecified atom stereocenters. The molecule has 0 aliphatic carbocycles. The number of aromatic nitrogens is 2. The Morgan fingerprint density at radius 1 is 1.29 bits per heavy atom. The van der Waals surface area contributed by atoms with E-state index in [1.54, 1.807) is 6.20 Å². The Morgan fingerprint density at radius 2 is 2.12 bits per heavy atom. The molecule has 0 bridgehead atoms. The van der Waals surface area contributed by atoms with Crippen LogP contribution in [0.2, 0.25) is 0 Å². The quantitative estimate of drug-likeness (QED) is 0.829. The van der Waals surface area contributed by atoms with Crippen LogP contribution >= 0.6 is 12.2 Å². The van der Waals surface area contributed by atoms with Gasteiger partial charge in [-0.3, -0.25) is 0 Å². The van der Waals surface area contributed by atoms with E-state index in [0.29, 0.717) is 16.8 Å². The van der Waals surface area contributed by atoms with Crippen molar-refractivity contribution in [1.82, 2.24) is 9.55 Å². The van der Waals surface area contributed by atoms with Crippen molar-refractivity contribution in [3.63, 3.8) is 0 Å². The molecule has 0 aliphatic heterocycles. The zero-order valence-corrected chi connectivity index (χ0v) is 9.94. The molecular weight excluding hydrogens is 242 g/mol. The van der Waals surface area contributed by atoms with Gasteiger partial charge in [0, 0.05) is 25.0 Å². The van der Waals surface area contributed by atoms with Crippen molar-refractivity contribution >= 4 is 12.2 Å². The van der Waals surface area contributed by atoms with Gasteiger partial charge in [0.05, 0.1) is 0 Å². The predicted molar refractivity (Wildman–Crippen MR) is 64.3 cm³/mol. The normalized spacial score (nSPS) is 10.7. The summed E-state index contributed by atoms with van der Waals surface area (Å²) < 4.78 is 28.5. The molecule has 0 amide bonds. The molecule has 0 fully saturated rings.